The number of hydrogen-bond donors (Lipinski definition) is 1. The van der Waals surface area contributed by atoms with Gasteiger partial charge in [0.2, 0.25) is 5.91 Å². The molecule has 0 spiro atoms. The van der Waals surface area contributed by atoms with Crippen molar-refractivity contribution in [3.05, 3.63) is 95.8 Å². The lowest BCUT2D eigenvalue weighted by molar-refractivity contribution is -0.120. The van der Waals surface area contributed by atoms with Crippen molar-refractivity contribution >= 4 is 16.7 Å². The first-order valence-corrected chi connectivity index (χ1v) is 9.96. The monoisotopic (exact) mass is 396 g/mol. The van der Waals surface area contributed by atoms with Gasteiger partial charge in [-0.3, -0.25) is 9.78 Å². The van der Waals surface area contributed by atoms with E-state index in [1.165, 1.54) is 16.7 Å². The lowest BCUT2D eigenvalue weighted by atomic mass is 9.95. The molecule has 4 aromatic rings. The van der Waals surface area contributed by atoms with Gasteiger partial charge in [0.15, 0.2) is 0 Å². The molecule has 0 aliphatic heterocycles. The van der Waals surface area contributed by atoms with E-state index in [0.717, 1.165) is 27.6 Å². The molecule has 0 saturated heterocycles. The Morgan fingerprint density at radius 2 is 1.70 bits per heavy atom. The Morgan fingerprint density at radius 3 is 2.43 bits per heavy atom. The van der Waals surface area contributed by atoms with Crippen LogP contribution in [0.3, 0.4) is 0 Å². The molecule has 4 rings (SSSR count). The number of aryl methyl sites for hydroxylation is 1. The third-order valence-electron chi connectivity index (χ3n) is 5.27. The molecule has 0 atom stereocenters. The molecule has 0 fully saturated rings. The number of carbonyl (C=O) groups excluding carboxylic acids is 1. The summed E-state index contributed by atoms with van der Waals surface area (Å²) in [4.78, 5) is 16.7. The van der Waals surface area contributed by atoms with E-state index >= 15 is 0 Å². The zero-order valence-electron chi connectivity index (χ0n) is 17.2. The molecule has 0 unspecified atom stereocenters. The molecule has 1 amide bonds. The summed E-state index contributed by atoms with van der Waals surface area (Å²) in [6.45, 7) is 2.55. The van der Waals surface area contributed by atoms with Crippen LogP contribution >= 0.6 is 0 Å². The second-order valence-electron chi connectivity index (χ2n) is 7.36. The van der Waals surface area contributed by atoms with Gasteiger partial charge in [0.05, 0.1) is 13.5 Å². The van der Waals surface area contributed by atoms with Crippen molar-refractivity contribution in [3.8, 4) is 16.9 Å². The number of rotatable bonds is 6. The van der Waals surface area contributed by atoms with Crippen LogP contribution in [0.5, 0.6) is 5.75 Å². The van der Waals surface area contributed by atoms with Crippen molar-refractivity contribution in [2.75, 3.05) is 7.11 Å². The molecule has 4 heteroatoms. The summed E-state index contributed by atoms with van der Waals surface area (Å²) >= 11 is 0. The summed E-state index contributed by atoms with van der Waals surface area (Å²) in [6.07, 6.45) is 4.02. The zero-order valence-corrected chi connectivity index (χ0v) is 17.2. The Balaban J connectivity index is 1.52. The number of nitrogens with one attached hydrogen (secondary N) is 1. The molecule has 3 aromatic carbocycles. The summed E-state index contributed by atoms with van der Waals surface area (Å²) < 4.78 is 5.16. The number of carbonyl (C=O) groups is 1. The Morgan fingerprint density at radius 1 is 0.933 bits per heavy atom. The minimum absolute atomic E-state index is 0.0141. The Kier molecular flexibility index (Phi) is 5.75. The minimum Gasteiger partial charge on any atom is -0.497 e. The first-order valence-electron chi connectivity index (χ1n) is 9.96. The summed E-state index contributed by atoms with van der Waals surface area (Å²) in [5, 5.41) is 5.23. The van der Waals surface area contributed by atoms with Gasteiger partial charge in [-0.2, -0.15) is 0 Å². The highest BCUT2D eigenvalue weighted by Gasteiger charge is 2.10. The number of pyridine rings is 1. The highest BCUT2D eigenvalue weighted by molar-refractivity contribution is 5.98. The normalized spacial score (nSPS) is 10.7. The highest BCUT2D eigenvalue weighted by atomic mass is 16.5. The van der Waals surface area contributed by atoms with Gasteiger partial charge in [0.1, 0.15) is 5.75 Å². The Hall–Kier alpha value is -3.66. The predicted octanol–water partition coefficient (Wildman–Crippen LogP) is 5.08. The molecule has 1 N–H and O–H groups in total. The fraction of sp³-hybridized carbons (Fsp3) is 0.154. The molecule has 1 aromatic heterocycles. The maximum atomic E-state index is 12.4. The molecule has 0 radical (unpaired) electrons. The molecular weight excluding hydrogens is 372 g/mol. The molecule has 1 heterocycles. The van der Waals surface area contributed by atoms with Crippen molar-refractivity contribution in [2.24, 2.45) is 0 Å². The van der Waals surface area contributed by atoms with Gasteiger partial charge < -0.3 is 10.1 Å². The number of fused-ring (bicyclic) bond motifs is 1. The average Bonchev–Trinajstić information content (AvgIpc) is 2.78. The number of ether oxygens (including phenoxy) is 1. The van der Waals surface area contributed by atoms with Crippen LogP contribution in [0.2, 0.25) is 0 Å². The minimum atomic E-state index is -0.0141. The lowest BCUT2D eigenvalue weighted by Gasteiger charge is -2.12. The fourth-order valence-corrected chi connectivity index (χ4v) is 3.57. The summed E-state index contributed by atoms with van der Waals surface area (Å²) in [7, 11) is 1.63. The van der Waals surface area contributed by atoms with Gasteiger partial charge in [-0.15, -0.1) is 0 Å². The van der Waals surface area contributed by atoms with E-state index in [4.69, 9.17) is 4.74 Å². The van der Waals surface area contributed by atoms with Gasteiger partial charge in [0, 0.05) is 24.3 Å². The maximum Gasteiger partial charge on any atom is 0.224 e. The van der Waals surface area contributed by atoms with Crippen LogP contribution in [-0.2, 0) is 17.8 Å². The lowest BCUT2D eigenvalue weighted by Crippen LogP contribution is -2.24. The van der Waals surface area contributed by atoms with Crippen molar-refractivity contribution in [1.82, 2.24) is 10.3 Å². The van der Waals surface area contributed by atoms with E-state index in [0.29, 0.717) is 13.0 Å². The van der Waals surface area contributed by atoms with Gasteiger partial charge >= 0.3 is 0 Å². The molecule has 0 saturated carbocycles. The van der Waals surface area contributed by atoms with Crippen LogP contribution in [0, 0.1) is 6.92 Å². The highest BCUT2D eigenvalue weighted by Crippen LogP contribution is 2.30. The zero-order chi connectivity index (χ0) is 20.9. The number of aromatic nitrogens is 1. The predicted molar refractivity (Wildman–Crippen MR) is 120 cm³/mol. The summed E-state index contributed by atoms with van der Waals surface area (Å²) in [6, 6.07) is 22.3. The first-order chi connectivity index (χ1) is 14.6. The van der Waals surface area contributed by atoms with Gasteiger partial charge in [-0.25, -0.2) is 0 Å². The largest absolute Gasteiger partial charge is 0.497 e. The third kappa shape index (κ3) is 4.33. The number of methoxy groups -OCH3 is 1. The van der Waals surface area contributed by atoms with E-state index in [1.54, 1.807) is 7.11 Å². The molecule has 0 aliphatic rings. The van der Waals surface area contributed by atoms with E-state index < -0.39 is 0 Å². The Bertz CT molecular complexity index is 1170. The van der Waals surface area contributed by atoms with Crippen molar-refractivity contribution in [3.63, 3.8) is 0 Å². The quantitative estimate of drug-likeness (QED) is 0.495. The molecule has 0 bridgehead atoms. The molecule has 0 aliphatic carbocycles. The van der Waals surface area contributed by atoms with Crippen LogP contribution < -0.4 is 10.1 Å². The van der Waals surface area contributed by atoms with Gasteiger partial charge in [-0.05, 0) is 52.8 Å². The van der Waals surface area contributed by atoms with E-state index in [1.807, 2.05) is 42.7 Å². The smallest absolute Gasteiger partial charge is 0.224 e. The van der Waals surface area contributed by atoms with Gasteiger partial charge in [-0.1, -0.05) is 54.1 Å². The van der Waals surface area contributed by atoms with Crippen molar-refractivity contribution in [1.29, 1.82) is 0 Å². The molecule has 150 valence electrons. The number of amides is 1. The number of benzene rings is 3. The molecule has 30 heavy (non-hydrogen) atoms. The van der Waals surface area contributed by atoms with Crippen LogP contribution in [-0.4, -0.2) is 18.0 Å². The first kappa shape index (κ1) is 19.6. The summed E-state index contributed by atoms with van der Waals surface area (Å²) in [5.41, 5.74) is 5.58. The van der Waals surface area contributed by atoms with Crippen LogP contribution in [0.15, 0.2) is 79.1 Å². The number of nitrogens with zero attached hydrogens (tertiary/aromatic N) is 1. The maximum absolute atomic E-state index is 12.4. The standard InChI is InChI=1S/C26H24N2O2/c1-18-3-7-20(8-4-18)23-12-9-21(25-17-27-14-13-24(23)25)16-28-26(29)15-19-5-10-22(30-2)11-6-19/h3-14,17H,15-16H2,1-2H3,(H,28,29). The topological polar surface area (TPSA) is 51.2 Å². The van der Waals surface area contributed by atoms with E-state index in [-0.39, 0.29) is 5.91 Å². The van der Waals surface area contributed by atoms with Gasteiger partial charge in [0.25, 0.3) is 0 Å². The van der Waals surface area contributed by atoms with E-state index in [9.17, 15) is 4.79 Å². The molecule has 4 nitrogen and oxygen atoms in total. The third-order valence-corrected chi connectivity index (χ3v) is 5.27. The SMILES string of the molecule is COc1ccc(CC(=O)NCc2ccc(-c3ccc(C)cc3)c3ccncc23)cc1. The van der Waals surface area contributed by atoms with Crippen LogP contribution in [0.4, 0.5) is 0 Å². The van der Waals surface area contributed by atoms with Crippen molar-refractivity contribution in [2.45, 2.75) is 19.9 Å². The number of hydrogen-bond acceptors (Lipinski definition) is 3. The molecular formula is C26H24N2O2. The van der Waals surface area contributed by atoms with Crippen LogP contribution in [0.25, 0.3) is 21.9 Å². The van der Waals surface area contributed by atoms with E-state index in [2.05, 4.69) is 53.6 Å². The summed E-state index contributed by atoms with van der Waals surface area (Å²) in [5.74, 6) is 0.770. The van der Waals surface area contributed by atoms with Crippen LogP contribution in [0.1, 0.15) is 16.7 Å². The second-order valence-corrected chi connectivity index (χ2v) is 7.36. The average molecular weight is 396 g/mol. The Labute approximate surface area is 176 Å². The second kappa shape index (κ2) is 8.78. The van der Waals surface area contributed by atoms with Crippen molar-refractivity contribution < 1.29 is 9.53 Å². The fourth-order valence-electron chi connectivity index (χ4n) is 3.57.